The minimum atomic E-state index is -0.490. The number of amides is 1. The molecule has 2 atom stereocenters. The first-order chi connectivity index (χ1) is 14.0. The molecule has 7 nitrogen and oxygen atoms in total. The average molecular weight is 406 g/mol. The van der Waals surface area contributed by atoms with Crippen LogP contribution in [0.1, 0.15) is 29.4 Å². The molecule has 146 valence electrons. The van der Waals surface area contributed by atoms with E-state index in [-0.39, 0.29) is 18.2 Å². The van der Waals surface area contributed by atoms with Gasteiger partial charge in [0, 0.05) is 25.1 Å². The van der Waals surface area contributed by atoms with E-state index in [0.29, 0.717) is 16.3 Å². The number of hydrogen-bond donors (Lipinski definition) is 0. The molecule has 0 radical (unpaired) electrons. The van der Waals surface area contributed by atoms with Crippen LogP contribution in [0, 0.1) is 23.2 Å². The van der Waals surface area contributed by atoms with E-state index in [0.717, 1.165) is 24.2 Å². The highest BCUT2D eigenvalue weighted by molar-refractivity contribution is 7.17. The molecular formula is C21H18N4O3S. The second-order valence-electron chi connectivity index (χ2n) is 7.34. The van der Waals surface area contributed by atoms with E-state index in [2.05, 4.69) is 21.9 Å². The van der Waals surface area contributed by atoms with E-state index >= 15 is 0 Å². The summed E-state index contributed by atoms with van der Waals surface area (Å²) in [5, 5.41) is 4.44. The molecule has 1 amide bonds. The smallest absolute Gasteiger partial charge is 0.360 e. The predicted molar refractivity (Wildman–Crippen MR) is 108 cm³/mol. The number of hydrogen-bond acceptors (Lipinski definition) is 6. The van der Waals surface area contributed by atoms with Gasteiger partial charge in [-0.3, -0.25) is 4.79 Å². The Balaban J connectivity index is 1.51. The molecule has 3 heterocycles. The standard InChI is InChI=1S/C21H18N4O3S/c1-3-28-19(26)16-17-18(22-12-29-17)25(23-16)15-6-4-5-13(9-15)7-8-21-10-14(21)11-24(2)20(21)27/h4-6,9,12,14H,3,10-11H2,1-2H3/t14?,21-/m0/s1. The number of nitrogens with zero attached hydrogens (tertiary/aromatic N) is 4. The molecule has 1 saturated heterocycles. The van der Waals surface area contributed by atoms with Gasteiger partial charge in [-0.1, -0.05) is 17.9 Å². The molecule has 1 saturated carbocycles. The lowest BCUT2D eigenvalue weighted by molar-refractivity contribution is -0.130. The third-order valence-electron chi connectivity index (χ3n) is 5.48. The molecule has 1 aliphatic carbocycles. The van der Waals surface area contributed by atoms with Gasteiger partial charge in [0.15, 0.2) is 11.3 Å². The van der Waals surface area contributed by atoms with Gasteiger partial charge in [0.2, 0.25) is 5.91 Å². The summed E-state index contributed by atoms with van der Waals surface area (Å²) in [7, 11) is 1.83. The van der Waals surface area contributed by atoms with Crippen molar-refractivity contribution in [1.82, 2.24) is 19.7 Å². The average Bonchev–Trinajstić information content (AvgIpc) is 3.00. The van der Waals surface area contributed by atoms with Crippen LogP contribution in [0.4, 0.5) is 0 Å². The van der Waals surface area contributed by atoms with Gasteiger partial charge in [-0.05, 0) is 31.5 Å². The largest absolute Gasteiger partial charge is 0.461 e. The summed E-state index contributed by atoms with van der Waals surface area (Å²) in [6, 6.07) is 7.57. The van der Waals surface area contributed by atoms with Crippen LogP contribution in [-0.2, 0) is 9.53 Å². The number of aromatic nitrogens is 3. The van der Waals surface area contributed by atoms with Gasteiger partial charge in [0.1, 0.15) is 10.1 Å². The van der Waals surface area contributed by atoms with Crippen LogP contribution in [0.25, 0.3) is 16.0 Å². The van der Waals surface area contributed by atoms with Crippen LogP contribution in [0.2, 0.25) is 0 Å². The zero-order valence-corrected chi connectivity index (χ0v) is 16.8. The third-order valence-corrected chi connectivity index (χ3v) is 6.30. The van der Waals surface area contributed by atoms with Crippen LogP contribution >= 0.6 is 11.3 Å². The molecule has 2 aromatic heterocycles. The lowest BCUT2D eigenvalue weighted by Gasteiger charge is -2.11. The number of esters is 1. The fourth-order valence-corrected chi connectivity index (χ4v) is 4.67. The van der Waals surface area contributed by atoms with Crippen molar-refractivity contribution in [3.05, 3.63) is 41.0 Å². The molecule has 2 aliphatic rings. The van der Waals surface area contributed by atoms with Crippen LogP contribution in [0.15, 0.2) is 29.8 Å². The normalized spacial score (nSPS) is 22.3. The molecule has 29 heavy (non-hydrogen) atoms. The van der Waals surface area contributed by atoms with Gasteiger partial charge in [-0.15, -0.1) is 11.3 Å². The van der Waals surface area contributed by atoms with E-state index in [1.165, 1.54) is 11.3 Å². The zero-order valence-electron chi connectivity index (χ0n) is 16.0. The maximum absolute atomic E-state index is 12.4. The number of fused-ring (bicyclic) bond motifs is 2. The summed E-state index contributed by atoms with van der Waals surface area (Å²) in [5.74, 6) is 6.41. The predicted octanol–water partition coefficient (Wildman–Crippen LogP) is 2.49. The molecule has 1 unspecified atom stereocenters. The first-order valence-corrected chi connectivity index (χ1v) is 10.3. The number of ether oxygens (including phenoxy) is 1. The summed E-state index contributed by atoms with van der Waals surface area (Å²) < 4.78 is 7.44. The number of carbonyl (C=O) groups excluding carboxylic acids is 2. The number of carbonyl (C=O) groups is 2. The van der Waals surface area contributed by atoms with Crippen molar-refractivity contribution in [3.63, 3.8) is 0 Å². The van der Waals surface area contributed by atoms with E-state index in [1.807, 2.05) is 31.3 Å². The number of thiazole rings is 1. The van der Waals surface area contributed by atoms with Crippen molar-refractivity contribution < 1.29 is 14.3 Å². The summed E-state index contributed by atoms with van der Waals surface area (Å²) in [5.41, 5.74) is 3.61. The van der Waals surface area contributed by atoms with Gasteiger partial charge >= 0.3 is 5.97 Å². The highest BCUT2D eigenvalue weighted by atomic mass is 32.1. The number of likely N-dealkylation sites (tertiary alicyclic amines) is 1. The van der Waals surface area contributed by atoms with Crippen molar-refractivity contribution >= 4 is 33.6 Å². The van der Waals surface area contributed by atoms with Gasteiger partial charge in [-0.25, -0.2) is 14.5 Å². The van der Waals surface area contributed by atoms with Gasteiger partial charge in [-0.2, -0.15) is 5.10 Å². The van der Waals surface area contributed by atoms with Crippen LogP contribution in [-0.4, -0.2) is 51.7 Å². The Labute approximate surface area is 171 Å². The lowest BCUT2D eigenvalue weighted by Crippen LogP contribution is -2.27. The van der Waals surface area contributed by atoms with E-state index in [9.17, 15) is 9.59 Å². The zero-order chi connectivity index (χ0) is 20.2. The number of rotatable bonds is 3. The summed E-state index contributed by atoms with van der Waals surface area (Å²) in [6.45, 7) is 2.84. The van der Waals surface area contributed by atoms with Crippen LogP contribution in [0.3, 0.4) is 0 Å². The Morgan fingerprint density at radius 1 is 1.45 bits per heavy atom. The van der Waals surface area contributed by atoms with Crippen molar-refractivity contribution in [3.8, 4) is 17.5 Å². The van der Waals surface area contributed by atoms with Crippen molar-refractivity contribution in [2.24, 2.45) is 11.3 Å². The SMILES string of the molecule is CCOC(=O)c1nn(-c2cccc(C#C[C@]34CC3CN(C)C4=O)c2)c2ncsc12. The highest BCUT2D eigenvalue weighted by Gasteiger charge is 2.65. The van der Waals surface area contributed by atoms with Crippen molar-refractivity contribution in [2.75, 3.05) is 20.2 Å². The van der Waals surface area contributed by atoms with Crippen LogP contribution in [0.5, 0.6) is 0 Å². The first-order valence-electron chi connectivity index (χ1n) is 9.42. The molecule has 0 bridgehead atoms. The Morgan fingerprint density at radius 3 is 3.07 bits per heavy atom. The molecule has 2 fully saturated rings. The quantitative estimate of drug-likeness (QED) is 0.493. The van der Waals surface area contributed by atoms with E-state index < -0.39 is 11.4 Å². The molecule has 8 heteroatoms. The Morgan fingerprint density at radius 2 is 2.31 bits per heavy atom. The van der Waals surface area contributed by atoms with Crippen molar-refractivity contribution in [2.45, 2.75) is 13.3 Å². The maximum atomic E-state index is 12.4. The molecule has 5 rings (SSSR count). The van der Waals surface area contributed by atoms with Crippen molar-refractivity contribution in [1.29, 1.82) is 0 Å². The molecule has 1 aromatic carbocycles. The second-order valence-corrected chi connectivity index (χ2v) is 8.20. The topological polar surface area (TPSA) is 77.3 Å². The van der Waals surface area contributed by atoms with E-state index in [4.69, 9.17) is 4.74 Å². The second kappa shape index (κ2) is 6.42. The third kappa shape index (κ3) is 2.73. The van der Waals surface area contributed by atoms with E-state index in [1.54, 1.807) is 22.0 Å². The Kier molecular flexibility index (Phi) is 3.96. The van der Waals surface area contributed by atoms with Gasteiger partial charge in [0.05, 0.1) is 17.8 Å². The Bertz CT molecular complexity index is 1220. The lowest BCUT2D eigenvalue weighted by atomic mass is 10.1. The molecule has 3 aromatic rings. The fourth-order valence-electron chi connectivity index (χ4n) is 3.93. The van der Waals surface area contributed by atoms with Crippen LogP contribution < -0.4 is 0 Å². The highest BCUT2D eigenvalue weighted by Crippen LogP contribution is 2.57. The van der Waals surface area contributed by atoms with Gasteiger partial charge in [0.25, 0.3) is 0 Å². The van der Waals surface area contributed by atoms with Gasteiger partial charge < -0.3 is 9.64 Å². The first kappa shape index (κ1) is 17.9. The fraction of sp³-hybridized carbons (Fsp3) is 0.333. The maximum Gasteiger partial charge on any atom is 0.360 e. The summed E-state index contributed by atoms with van der Waals surface area (Å²) in [4.78, 5) is 30.7. The molecule has 0 spiro atoms. The molecule has 0 N–H and O–H groups in total. The molecule has 1 aliphatic heterocycles. The summed E-state index contributed by atoms with van der Waals surface area (Å²) in [6.07, 6.45) is 0.852. The summed E-state index contributed by atoms with van der Waals surface area (Å²) >= 11 is 1.35. The Hall–Kier alpha value is -3.18. The number of piperidine rings is 1. The minimum absolute atomic E-state index is 0.126. The minimum Gasteiger partial charge on any atom is -0.461 e. The molecular weight excluding hydrogens is 388 g/mol. The number of benzene rings is 1. The monoisotopic (exact) mass is 406 g/mol.